The van der Waals surface area contributed by atoms with Gasteiger partial charge in [-0.15, -0.1) is 21.5 Å². The van der Waals surface area contributed by atoms with Gasteiger partial charge < -0.3 is 14.6 Å². The fourth-order valence-corrected chi connectivity index (χ4v) is 5.55. The molecule has 7 nitrogen and oxygen atoms in total. The first-order valence-electron chi connectivity index (χ1n) is 9.64. The van der Waals surface area contributed by atoms with Crippen LogP contribution in [0.3, 0.4) is 0 Å². The molecule has 0 saturated heterocycles. The number of thiophene rings is 1. The van der Waals surface area contributed by atoms with Crippen molar-refractivity contribution in [1.29, 1.82) is 0 Å². The summed E-state index contributed by atoms with van der Waals surface area (Å²) in [5.41, 5.74) is 1.58. The Morgan fingerprint density at radius 3 is 2.75 bits per heavy atom. The average molecular weight is 423 g/mol. The minimum absolute atomic E-state index is 0.160. The van der Waals surface area contributed by atoms with Crippen LogP contribution in [0.1, 0.15) is 66.8 Å². The molecule has 2 heterocycles. The standard InChI is InChI=1S/C19H26N4O3S2/c1-5-14-21-22-19(23(14)11(3)4)27-10-15(24)20-17-16(18(25)26-6-2)12-8-7-9-13(12)28-17/h11H,5-10H2,1-4H3,(H,20,24). The number of carbonyl (C=O) groups is 2. The summed E-state index contributed by atoms with van der Waals surface area (Å²) >= 11 is 2.85. The number of nitrogens with one attached hydrogen (secondary N) is 1. The maximum absolute atomic E-state index is 12.6. The van der Waals surface area contributed by atoms with Crippen molar-refractivity contribution < 1.29 is 14.3 Å². The highest BCUT2D eigenvalue weighted by molar-refractivity contribution is 7.99. The molecule has 0 radical (unpaired) electrons. The van der Waals surface area contributed by atoms with Crippen molar-refractivity contribution in [2.45, 2.75) is 64.6 Å². The first-order chi connectivity index (χ1) is 13.5. The molecule has 2 aromatic heterocycles. The zero-order valence-corrected chi connectivity index (χ0v) is 18.3. The van der Waals surface area contributed by atoms with Gasteiger partial charge in [0.05, 0.1) is 17.9 Å². The highest BCUT2D eigenvalue weighted by Crippen LogP contribution is 2.39. The molecule has 0 fully saturated rings. The molecular weight excluding hydrogens is 396 g/mol. The molecule has 0 unspecified atom stereocenters. The lowest BCUT2D eigenvalue weighted by molar-refractivity contribution is -0.113. The van der Waals surface area contributed by atoms with Crippen molar-refractivity contribution in [3.8, 4) is 0 Å². The van der Waals surface area contributed by atoms with Crippen LogP contribution in [0.25, 0.3) is 0 Å². The zero-order valence-electron chi connectivity index (χ0n) is 16.7. The first kappa shape index (κ1) is 20.9. The highest BCUT2D eigenvalue weighted by Gasteiger charge is 2.28. The van der Waals surface area contributed by atoms with E-state index in [9.17, 15) is 9.59 Å². The lowest BCUT2D eigenvalue weighted by atomic mass is 10.1. The van der Waals surface area contributed by atoms with E-state index in [1.165, 1.54) is 28.0 Å². The quantitative estimate of drug-likeness (QED) is 0.513. The summed E-state index contributed by atoms with van der Waals surface area (Å²) in [6, 6.07) is 0.228. The molecule has 0 aromatic carbocycles. The van der Waals surface area contributed by atoms with Crippen LogP contribution in [-0.2, 0) is 28.8 Å². The third-order valence-corrected chi connectivity index (χ3v) is 6.70. The summed E-state index contributed by atoms with van der Waals surface area (Å²) < 4.78 is 7.27. The Balaban J connectivity index is 1.71. The number of esters is 1. The van der Waals surface area contributed by atoms with E-state index in [2.05, 4.69) is 33.9 Å². The van der Waals surface area contributed by atoms with Crippen LogP contribution in [0.4, 0.5) is 5.00 Å². The van der Waals surface area contributed by atoms with Crippen LogP contribution in [-0.4, -0.2) is 39.0 Å². The lowest BCUT2D eigenvalue weighted by Crippen LogP contribution is -2.17. The van der Waals surface area contributed by atoms with Gasteiger partial charge in [0.2, 0.25) is 5.91 Å². The summed E-state index contributed by atoms with van der Waals surface area (Å²) in [6.45, 7) is 8.29. The maximum atomic E-state index is 12.6. The molecule has 1 N–H and O–H groups in total. The zero-order chi connectivity index (χ0) is 20.3. The second kappa shape index (κ2) is 9.09. The van der Waals surface area contributed by atoms with Gasteiger partial charge in [0.25, 0.3) is 0 Å². The molecule has 9 heteroatoms. The summed E-state index contributed by atoms with van der Waals surface area (Å²) in [4.78, 5) is 26.2. The van der Waals surface area contributed by atoms with Crippen LogP contribution >= 0.6 is 23.1 Å². The number of carbonyl (C=O) groups excluding carboxylic acids is 2. The largest absolute Gasteiger partial charge is 0.462 e. The Morgan fingerprint density at radius 2 is 2.07 bits per heavy atom. The van der Waals surface area contributed by atoms with Crippen molar-refractivity contribution in [2.75, 3.05) is 17.7 Å². The molecule has 2 aromatic rings. The number of aromatic nitrogens is 3. The van der Waals surface area contributed by atoms with Gasteiger partial charge in [-0.05, 0) is 45.6 Å². The number of fused-ring (bicyclic) bond motifs is 1. The third-order valence-electron chi connectivity index (χ3n) is 4.55. The van der Waals surface area contributed by atoms with E-state index in [1.807, 2.05) is 6.92 Å². The van der Waals surface area contributed by atoms with Gasteiger partial charge >= 0.3 is 5.97 Å². The Morgan fingerprint density at radius 1 is 1.29 bits per heavy atom. The average Bonchev–Trinajstić information content (AvgIpc) is 3.33. The van der Waals surface area contributed by atoms with Gasteiger partial charge in [0.1, 0.15) is 10.8 Å². The van der Waals surface area contributed by atoms with Crippen LogP contribution in [0.5, 0.6) is 0 Å². The summed E-state index contributed by atoms with van der Waals surface area (Å²) in [6.07, 6.45) is 3.65. The third kappa shape index (κ3) is 4.25. The molecule has 0 bridgehead atoms. The second-order valence-electron chi connectivity index (χ2n) is 6.83. The van der Waals surface area contributed by atoms with E-state index >= 15 is 0 Å². The number of thioether (sulfide) groups is 1. The molecule has 0 saturated carbocycles. The molecule has 0 atom stereocenters. The van der Waals surface area contributed by atoms with Crippen molar-refractivity contribution in [3.63, 3.8) is 0 Å². The predicted octanol–water partition coefficient (Wildman–Crippen LogP) is 3.88. The normalized spacial score (nSPS) is 13.0. The number of anilines is 1. The minimum Gasteiger partial charge on any atom is -0.462 e. The molecular formula is C19H26N4O3S2. The number of ether oxygens (including phenoxy) is 1. The van der Waals surface area contributed by atoms with Crippen LogP contribution in [0.15, 0.2) is 5.16 Å². The van der Waals surface area contributed by atoms with Crippen LogP contribution < -0.4 is 5.32 Å². The first-order valence-corrected chi connectivity index (χ1v) is 11.4. The molecule has 0 spiro atoms. The maximum Gasteiger partial charge on any atom is 0.341 e. The Bertz CT molecular complexity index is 873. The minimum atomic E-state index is -0.350. The van der Waals surface area contributed by atoms with Crippen molar-refractivity contribution in [1.82, 2.24) is 14.8 Å². The van der Waals surface area contributed by atoms with Crippen molar-refractivity contribution in [3.05, 3.63) is 21.8 Å². The number of hydrogen-bond donors (Lipinski definition) is 1. The van der Waals surface area contributed by atoms with E-state index < -0.39 is 0 Å². The van der Waals surface area contributed by atoms with Gasteiger partial charge in [0, 0.05) is 17.3 Å². The number of aryl methyl sites for hydroxylation is 2. The summed E-state index contributed by atoms with van der Waals surface area (Å²) in [5, 5.41) is 12.7. The van der Waals surface area contributed by atoms with Crippen LogP contribution in [0.2, 0.25) is 0 Å². The number of hydrogen-bond acceptors (Lipinski definition) is 7. The van der Waals surface area contributed by atoms with E-state index in [-0.39, 0.29) is 23.7 Å². The van der Waals surface area contributed by atoms with E-state index in [0.29, 0.717) is 17.2 Å². The van der Waals surface area contributed by atoms with Gasteiger partial charge in [-0.2, -0.15) is 0 Å². The summed E-state index contributed by atoms with van der Waals surface area (Å²) in [5.74, 6) is 0.611. The van der Waals surface area contributed by atoms with Gasteiger partial charge in [-0.3, -0.25) is 4.79 Å². The van der Waals surface area contributed by atoms with E-state index in [4.69, 9.17) is 4.74 Å². The van der Waals surface area contributed by atoms with Gasteiger partial charge in [-0.25, -0.2) is 4.79 Å². The molecule has 3 rings (SSSR count). The van der Waals surface area contributed by atoms with Crippen molar-refractivity contribution in [2.24, 2.45) is 0 Å². The van der Waals surface area contributed by atoms with Crippen LogP contribution in [0, 0.1) is 0 Å². The lowest BCUT2D eigenvalue weighted by Gasteiger charge is -2.12. The number of nitrogens with zero attached hydrogens (tertiary/aromatic N) is 3. The SMILES string of the molecule is CCOC(=O)c1c(NC(=O)CSc2nnc(CC)n2C(C)C)sc2c1CCC2. The Kier molecular flexibility index (Phi) is 6.77. The number of rotatable bonds is 8. The number of amides is 1. The molecule has 1 aliphatic rings. The second-order valence-corrected chi connectivity index (χ2v) is 8.88. The fourth-order valence-electron chi connectivity index (χ4n) is 3.37. The Labute approximate surface area is 173 Å². The predicted molar refractivity (Wildman–Crippen MR) is 111 cm³/mol. The molecule has 0 aliphatic heterocycles. The topological polar surface area (TPSA) is 86.1 Å². The molecule has 28 heavy (non-hydrogen) atoms. The molecule has 1 amide bonds. The fraction of sp³-hybridized carbons (Fsp3) is 0.579. The highest BCUT2D eigenvalue weighted by atomic mass is 32.2. The van der Waals surface area contributed by atoms with Gasteiger partial charge in [-0.1, -0.05) is 18.7 Å². The van der Waals surface area contributed by atoms with E-state index in [0.717, 1.165) is 42.2 Å². The van der Waals surface area contributed by atoms with E-state index in [1.54, 1.807) is 6.92 Å². The molecule has 1 aliphatic carbocycles. The molecule has 152 valence electrons. The summed E-state index contributed by atoms with van der Waals surface area (Å²) in [7, 11) is 0. The van der Waals surface area contributed by atoms with Gasteiger partial charge in [0.15, 0.2) is 5.16 Å². The monoisotopic (exact) mass is 422 g/mol. The smallest absolute Gasteiger partial charge is 0.341 e. The van der Waals surface area contributed by atoms with Crippen molar-refractivity contribution >= 4 is 40.0 Å². The Hall–Kier alpha value is -1.87.